The van der Waals surface area contributed by atoms with Crippen LogP contribution in [0.3, 0.4) is 0 Å². The minimum absolute atomic E-state index is 0.0894. The number of aryl methyl sites for hydroxylation is 1. The summed E-state index contributed by atoms with van der Waals surface area (Å²) in [5.74, 6) is -0.313. The molecule has 1 aromatic heterocycles. The molecule has 1 unspecified atom stereocenters. The summed E-state index contributed by atoms with van der Waals surface area (Å²) < 4.78 is 1.69. The molecule has 1 atom stereocenters. The van der Waals surface area contributed by atoms with Gasteiger partial charge in [0.1, 0.15) is 6.33 Å². The molecular weight excluding hydrogens is 238 g/mol. The number of aromatic nitrogens is 3. The van der Waals surface area contributed by atoms with Crippen LogP contribution in [0, 0.1) is 0 Å². The third-order valence-corrected chi connectivity index (χ3v) is 2.46. The van der Waals surface area contributed by atoms with Gasteiger partial charge in [-0.2, -0.15) is 0 Å². The monoisotopic (exact) mass is 255 g/mol. The highest BCUT2D eigenvalue weighted by Gasteiger charge is 2.14. The van der Waals surface area contributed by atoms with Gasteiger partial charge in [-0.15, -0.1) is 10.2 Å². The van der Waals surface area contributed by atoms with Gasteiger partial charge in [-0.05, 0) is 6.42 Å². The quantitative estimate of drug-likeness (QED) is 0.656. The van der Waals surface area contributed by atoms with E-state index in [9.17, 15) is 9.59 Å². The normalized spacial score (nSPS) is 11.9. The van der Waals surface area contributed by atoms with Crippen LogP contribution in [-0.4, -0.2) is 37.9 Å². The van der Waals surface area contributed by atoms with Crippen molar-refractivity contribution in [2.45, 2.75) is 32.4 Å². The van der Waals surface area contributed by atoms with Gasteiger partial charge in [-0.25, -0.2) is 4.79 Å². The predicted octanol–water partition coefficient (Wildman–Crippen LogP) is -0.132. The standard InChI is InChI=1S/C10H17N5O3/c1-3-7(4-9(16)17)13-10(18)11-5-8-14-12-6-15(8)2/h6-7H,3-5H2,1-2H3,(H,16,17)(H2,11,13,18). The van der Waals surface area contributed by atoms with Crippen molar-refractivity contribution < 1.29 is 14.7 Å². The lowest BCUT2D eigenvalue weighted by atomic mass is 10.1. The average molecular weight is 255 g/mol. The minimum atomic E-state index is -0.935. The van der Waals surface area contributed by atoms with Gasteiger partial charge in [0.25, 0.3) is 0 Å². The van der Waals surface area contributed by atoms with Crippen LogP contribution in [0.5, 0.6) is 0 Å². The highest BCUT2D eigenvalue weighted by Crippen LogP contribution is 1.97. The molecule has 0 bridgehead atoms. The van der Waals surface area contributed by atoms with E-state index in [-0.39, 0.29) is 19.0 Å². The van der Waals surface area contributed by atoms with Gasteiger partial charge in [0.15, 0.2) is 5.82 Å². The lowest BCUT2D eigenvalue weighted by molar-refractivity contribution is -0.137. The molecule has 1 rings (SSSR count). The van der Waals surface area contributed by atoms with E-state index in [1.807, 2.05) is 6.92 Å². The molecule has 0 aliphatic heterocycles. The van der Waals surface area contributed by atoms with Crippen molar-refractivity contribution in [3.05, 3.63) is 12.2 Å². The molecule has 0 aliphatic carbocycles. The third-order valence-electron chi connectivity index (χ3n) is 2.46. The lowest BCUT2D eigenvalue weighted by Gasteiger charge is -2.15. The Balaban J connectivity index is 2.37. The number of carboxylic acid groups (broad SMARTS) is 1. The third kappa shape index (κ3) is 4.40. The number of urea groups is 1. The van der Waals surface area contributed by atoms with E-state index in [0.717, 1.165) is 0 Å². The van der Waals surface area contributed by atoms with Gasteiger partial charge in [0.2, 0.25) is 0 Å². The molecule has 0 radical (unpaired) electrons. The van der Waals surface area contributed by atoms with Crippen molar-refractivity contribution in [2.24, 2.45) is 7.05 Å². The second-order valence-electron chi connectivity index (χ2n) is 3.89. The van der Waals surface area contributed by atoms with Crippen LogP contribution in [-0.2, 0) is 18.4 Å². The zero-order valence-electron chi connectivity index (χ0n) is 10.4. The number of aliphatic carboxylic acids is 1. The fourth-order valence-corrected chi connectivity index (χ4v) is 1.37. The van der Waals surface area contributed by atoms with Crippen LogP contribution >= 0.6 is 0 Å². The van der Waals surface area contributed by atoms with Crippen LogP contribution in [0.4, 0.5) is 4.79 Å². The first kappa shape index (κ1) is 13.9. The van der Waals surface area contributed by atoms with E-state index in [4.69, 9.17) is 5.11 Å². The van der Waals surface area contributed by atoms with Crippen molar-refractivity contribution >= 4 is 12.0 Å². The van der Waals surface area contributed by atoms with Crippen LogP contribution < -0.4 is 10.6 Å². The summed E-state index contributed by atoms with van der Waals surface area (Å²) >= 11 is 0. The number of carboxylic acids is 1. The Hall–Kier alpha value is -2.12. The van der Waals surface area contributed by atoms with Gasteiger partial charge in [0, 0.05) is 13.1 Å². The number of amides is 2. The van der Waals surface area contributed by atoms with Crippen molar-refractivity contribution in [3.63, 3.8) is 0 Å². The number of nitrogens with zero attached hydrogens (tertiary/aromatic N) is 3. The Kier molecular flexibility index (Phi) is 5.09. The predicted molar refractivity (Wildman–Crippen MR) is 62.7 cm³/mol. The second kappa shape index (κ2) is 6.58. The summed E-state index contributed by atoms with van der Waals surface area (Å²) in [5, 5.41) is 21.3. The Bertz CT molecular complexity index is 417. The van der Waals surface area contributed by atoms with Crippen molar-refractivity contribution in [1.29, 1.82) is 0 Å². The summed E-state index contributed by atoms with van der Waals surface area (Å²) in [4.78, 5) is 22.1. The van der Waals surface area contributed by atoms with Crippen molar-refractivity contribution in [1.82, 2.24) is 25.4 Å². The molecule has 0 saturated carbocycles. The summed E-state index contributed by atoms with van der Waals surface area (Å²) in [6.07, 6.45) is 2.01. The molecule has 0 spiro atoms. The number of hydrogen-bond acceptors (Lipinski definition) is 4. The molecule has 0 saturated heterocycles. The minimum Gasteiger partial charge on any atom is -0.481 e. The topological polar surface area (TPSA) is 109 Å². The molecule has 0 fully saturated rings. The molecular formula is C10H17N5O3. The molecule has 2 amide bonds. The van der Waals surface area contributed by atoms with Gasteiger partial charge in [0.05, 0.1) is 13.0 Å². The Morgan fingerprint density at radius 2 is 2.28 bits per heavy atom. The zero-order valence-corrected chi connectivity index (χ0v) is 10.4. The fourth-order valence-electron chi connectivity index (χ4n) is 1.37. The van der Waals surface area contributed by atoms with Gasteiger partial charge >= 0.3 is 12.0 Å². The van der Waals surface area contributed by atoms with Crippen LogP contribution in [0.25, 0.3) is 0 Å². The van der Waals surface area contributed by atoms with Gasteiger partial charge < -0.3 is 20.3 Å². The van der Waals surface area contributed by atoms with E-state index in [1.165, 1.54) is 6.33 Å². The molecule has 0 aromatic carbocycles. The molecule has 3 N–H and O–H groups in total. The SMILES string of the molecule is CCC(CC(=O)O)NC(=O)NCc1nncn1C. The zero-order chi connectivity index (χ0) is 13.5. The van der Waals surface area contributed by atoms with E-state index < -0.39 is 12.0 Å². The molecule has 1 heterocycles. The average Bonchev–Trinajstić information content (AvgIpc) is 2.70. The number of carbonyl (C=O) groups is 2. The van der Waals surface area contributed by atoms with E-state index in [2.05, 4.69) is 20.8 Å². The largest absolute Gasteiger partial charge is 0.481 e. The highest BCUT2D eigenvalue weighted by atomic mass is 16.4. The molecule has 8 heteroatoms. The van der Waals surface area contributed by atoms with E-state index in [1.54, 1.807) is 11.6 Å². The first-order chi connectivity index (χ1) is 8.52. The smallest absolute Gasteiger partial charge is 0.315 e. The number of carbonyl (C=O) groups excluding carboxylic acids is 1. The maximum atomic E-state index is 11.5. The Morgan fingerprint density at radius 1 is 1.56 bits per heavy atom. The second-order valence-corrected chi connectivity index (χ2v) is 3.89. The summed E-state index contributed by atoms with van der Waals surface area (Å²) in [5.41, 5.74) is 0. The van der Waals surface area contributed by atoms with Crippen molar-refractivity contribution in [3.8, 4) is 0 Å². The Morgan fingerprint density at radius 3 is 2.78 bits per heavy atom. The van der Waals surface area contributed by atoms with Gasteiger partial charge in [-0.1, -0.05) is 6.92 Å². The summed E-state index contributed by atoms with van der Waals surface area (Å²) in [7, 11) is 1.77. The first-order valence-electron chi connectivity index (χ1n) is 5.62. The maximum Gasteiger partial charge on any atom is 0.315 e. The first-order valence-corrected chi connectivity index (χ1v) is 5.62. The highest BCUT2D eigenvalue weighted by molar-refractivity contribution is 5.75. The molecule has 100 valence electrons. The number of rotatable bonds is 6. The van der Waals surface area contributed by atoms with E-state index >= 15 is 0 Å². The number of hydrogen-bond donors (Lipinski definition) is 3. The fraction of sp³-hybridized carbons (Fsp3) is 0.600. The molecule has 18 heavy (non-hydrogen) atoms. The van der Waals surface area contributed by atoms with Crippen LogP contribution in [0.2, 0.25) is 0 Å². The lowest BCUT2D eigenvalue weighted by Crippen LogP contribution is -2.42. The molecule has 0 aliphatic rings. The van der Waals surface area contributed by atoms with Gasteiger partial charge in [-0.3, -0.25) is 4.79 Å². The summed E-state index contributed by atoms with van der Waals surface area (Å²) in [6, 6.07) is -0.784. The van der Waals surface area contributed by atoms with Crippen LogP contribution in [0.15, 0.2) is 6.33 Å². The maximum absolute atomic E-state index is 11.5. The molecule has 1 aromatic rings. The van der Waals surface area contributed by atoms with Crippen LogP contribution in [0.1, 0.15) is 25.6 Å². The van der Waals surface area contributed by atoms with E-state index in [0.29, 0.717) is 12.2 Å². The summed E-state index contributed by atoms with van der Waals surface area (Å²) in [6.45, 7) is 2.06. The van der Waals surface area contributed by atoms with Crippen molar-refractivity contribution in [2.75, 3.05) is 0 Å². The molecule has 8 nitrogen and oxygen atoms in total. The Labute approximate surface area is 104 Å². The number of nitrogens with one attached hydrogen (secondary N) is 2.